The van der Waals surface area contributed by atoms with Gasteiger partial charge in [-0.2, -0.15) is 4.37 Å². The van der Waals surface area contributed by atoms with Crippen molar-refractivity contribution in [1.29, 1.82) is 0 Å². The third kappa shape index (κ3) is 6.97. The number of amides is 2. The number of carboxylic acids is 1. The molecular formula is C20H23ClF2N4O5S. The lowest BCUT2D eigenvalue weighted by Gasteiger charge is -2.14. The van der Waals surface area contributed by atoms with Gasteiger partial charge in [0.05, 0.1) is 11.1 Å². The fraction of sp³-hybridized carbons (Fsp3) is 0.450. The number of unbranched alkanes of at least 4 members (excludes halogenated alkanes) is 1. The Morgan fingerprint density at radius 1 is 1.30 bits per heavy atom. The van der Waals surface area contributed by atoms with E-state index in [-0.39, 0.29) is 27.6 Å². The van der Waals surface area contributed by atoms with Crippen LogP contribution in [0, 0.1) is 11.6 Å². The van der Waals surface area contributed by atoms with E-state index < -0.39 is 35.8 Å². The van der Waals surface area contributed by atoms with Crippen LogP contribution in [0.3, 0.4) is 0 Å². The molecule has 1 atom stereocenters. The molecule has 0 spiro atoms. The number of hydrogen-bond acceptors (Lipinski definition) is 7. The molecule has 1 aliphatic rings. The number of β-amino-alcohol motifs (C(OH)–C–C–N with tert-alkyl or cyclic N) is 1. The molecule has 9 nitrogen and oxygen atoms in total. The van der Waals surface area contributed by atoms with Crippen molar-refractivity contribution in [2.45, 2.75) is 32.0 Å². The number of carboxylic acid groups (broad SMARTS) is 1. The molecule has 0 bridgehead atoms. The minimum Gasteiger partial charge on any atom is -0.477 e. The predicted molar refractivity (Wildman–Crippen MR) is 118 cm³/mol. The fourth-order valence-corrected chi connectivity index (χ4v) is 4.17. The molecule has 13 heteroatoms. The van der Waals surface area contributed by atoms with Crippen LogP contribution in [0.15, 0.2) is 12.1 Å². The van der Waals surface area contributed by atoms with Gasteiger partial charge < -0.3 is 25.2 Å². The number of urea groups is 1. The summed E-state index contributed by atoms with van der Waals surface area (Å²) in [4.78, 5) is 25.9. The maximum atomic E-state index is 13.9. The average Bonchev–Trinajstić information content (AvgIpc) is 3.35. The van der Waals surface area contributed by atoms with E-state index in [4.69, 9.17) is 16.3 Å². The second-order valence-corrected chi connectivity index (χ2v) is 8.66. The number of rotatable bonds is 10. The minimum atomic E-state index is -1.40. The number of aliphatic hydroxyl groups is 1. The standard InChI is InChI=1S/C20H23ClF2N4O5S/c21-13-8-14(22)11(7-15(13)23)10-32-17-16(19(29)30)18(33-26-17)25-20(31)24-4-1-2-5-27-6-3-12(28)9-27/h7-8,12,28H,1-6,9-10H2,(H,29,30)(H2,24,25,31). The maximum absolute atomic E-state index is 13.9. The van der Waals surface area contributed by atoms with E-state index in [0.29, 0.717) is 31.0 Å². The van der Waals surface area contributed by atoms with E-state index in [0.717, 1.165) is 38.1 Å². The summed E-state index contributed by atoms with van der Waals surface area (Å²) in [5, 5.41) is 23.6. The first kappa shape index (κ1) is 25.1. The highest BCUT2D eigenvalue weighted by Gasteiger charge is 2.24. The van der Waals surface area contributed by atoms with Crippen LogP contribution >= 0.6 is 23.1 Å². The number of halogens is 3. The number of anilines is 1. The summed E-state index contributed by atoms with van der Waals surface area (Å²) >= 11 is 6.20. The minimum absolute atomic E-state index is 0.0520. The summed E-state index contributed by atoms with van der Waals surface area (Å²) in [5.74, 6) is -3.38. The molecule has 2 heterocycles. The van der Waals surface area contributed by atoms with Crippen LogP contribution in [-0.4, -0.2) is 63.8 Å². The van der Waals surface area contributed by atoms with Gasteiger partial charge in [-0.15, -0.1) is 0 Å². The molecule has 1 aromatic heterocycles. The van der Waals surface area contributed by atoms with E-state index in [2.05, 4.69) is 19.9 Å². The van der Waals surface area contributed by atoms with Crippen molar-refractivity contribution in [3.8, 4) is 5.88 Å². The molecule has 2 amide bonds. The zero-order valence-corrected chi connectivity index (χ0v) is 19.0. The van der Waals surface area contributed by atoms with E-state index >= 15 is 0 Å². The molecule has 1 aliphatic heterocycles. The van der Waals surface area contributed by atoms with Gasteiger partial charge >= 0.3 is 12.0 Å². The van der Waals surface area contributed by atoms with Gasteiger partial charge in [0.1, 0.15) is 23.2 Å². The van der Waals surface area contributed by atoms with E-state index in [1.165, 1.54) is 0 Å². The van der Waals surface area contributed by atoms with Crippen molar-refractivity contribution in [2.24, 2.45) is 0 Å². The average molecular weight is 505 g/mol. The number of aromatic nitrogens is 1. The Balaban J connectivity index is 1.50. The lowest BCUT2D eigenvalue weighted by atomic mass is 10.2. The summed E-state index contributed by atoms with van der Waals surface area (Å²) in [6, 6.07) is 1.04. The number of carbonyl (C=O) groups is 2. The maximum Gasteiger partial charge on any atom is 0.344 e. The zero-order chi connectivity index (χ0) is 24.0. The normalized spacial score (nSPS) is 16.1. The third-order valence-electron chi connectivity index (χ3n) is 4.99. The van der Waals surface area contributed by atoms with Crippen molar-refractivity contribution < 1.29 is 33.3 Å². The highest BCUT2D eigenvalue weighted by molar-refractivity contribution is 7.11. The number of carbonyl (C=O) groups excluding carboxylic acids is 1. The predicted octanol–water partition coefficient (Wildman–Crippen LogP) is 3.32. The third-order valence-corrected chi connectivity index (χ3v) is 6.03. The van der Waals surface area contributed by atoms with Gasteiger partial charge in [0.2, 0.25) is 5.88 Å². The Bertz CT molecular complexity index is 1010. The first-order valence-corrected chi connectivity index (χ1v) is 11.3. The van der Waals surface area contributed by atoms with Crippen LogP contribution in [0.4, 0.5) is 18.6 Å². The second kappa shape index (κ2) is 11.5. The first-order valence-electron chi connectivity index (χ1n) is 10.2. The Kier molecular flexibility index (Phi) is 8.78. The quantitative estimate of drug-likeness (QED) is 0.289. The smallest absolute Gasteiger partial charge is 0.344 e. The molecule has 2 aromatic rings. The van der Waals surface area contributed by atoms with Crippen LogP contribution < -0.4 is 15.4 Å². The molecule has 1 aromatic carbocycles. The van der Waals surface area contributed by atoms with E-state index in [9.17, 15) is 28.6 Å². The number of nitrogens with zero attached hydrogens (tertiary/aromatic N) is 2. The fourth-order valence-electron chi connectivity index (χ4n) is 3.29. The van der Waals surface area contributed by atoms with Crippen molar-refractivity contribution in [3.63, 3.8) is 0 Å². The van der Waals surface area contributed by atoms with Crippen molar-refractivity contribution >= 4 is 40.1 Å². The largest absolute Gasteiger partial charge is 0.477 e. The van der Waals surface area contributed by atoms with Gasteiger partial charge in [0.15, 0.2) is 5.56 Å². The molecule has 1 saturated heterocycles. The Labute approximate surface area is 197 Å². The molecule has 1 fully saturated rings. The lowest BCUT2D eigenvalue weighted by Crippen LogP contribution is -2.30. The number of likely N-dealkylation sites (tertiary alicyclic amines) is 1. The topological polar surface area (TPSA) is 124 Å². The highest BCUT2D eigenvalue weighted by Crippen LogP contribution is 2.31. The van der Waals surface area contributed by atoms with Crippen LogP contribution in [0.25, 0.3) is 0 Å². The lowest BCUT2D eigenvalue weighted by molar-refractivity contribution is 0.0693. The summed E-state index contributed by atoms with van der Waals surface area (Å²) in [7, 11) is 0. The summed E-state index contributed by atoms with van der Waals surface area (Å²) < 4.78 is 36.6. The van der Waals surface area contributed by atoms with Crippen LogP contribution in [0.5, 0.6) is 5.88 Å². The second-order valence-electron chi connectivity index (χ2n) is 7.47. The molecule has 33 heavy (non-hydrogen) atoms. The van der Waals surface area contributed by atoms with E-state index in [1.54, 1.807) is 0 Å². The number of benzene rings is 1. The summed E-state index contributed by atoms with van der Waals surface area (Å²) in [5.41, 5.74) is -0.561. The van der Waals surface area contributed by atoms with Crippen LogP contribution in [0.1, 0.15) is 35.2 Å². The van der Waals surface area contributed by atoms with E-state index in [1.807, 2.05) is 0 Å². The molecule has 0 saturated carbocycles. The monoisotopic (exact) mass is 504 g/mol. The first-order chi connectivity index (χ1) is 15.7. The summed E-state index contributed by atoms with van der Waals surface area (Å²) in [6.45, 7) is 2.26. The molecule has 4 N–H and O–H groups in total. The molecule has 1 unspecified atom stereocenters. The number of aliphatic hydroxyl groups excluding tert-OH is 1. The number of ether oxygens (including phenoxy) is 1. The Hall–Kier alpha value is -2.54. The zero-order valence-electron chi connectivity index (χ0n) is 17.4. The molecule has 0 aliphatic carbocycles. The number of aromatic carboxylic acids is 1. The van der Waals surface area contributed by atoms with Crippen LogP contribution in [0.2, 0.25) is 5.02 Å². The van der Waals surface area contributed by atoms with Crippen LogP contribution in [-0.2, 0) is 6.61 Å². The molecule has 180 valence electrons. The Morgan fingerprint density at radius 3 is 2.79 bits per heavy atom. The highest BCUT2D eigenvalue weighted by atomic mass is 35.5. The van der Waals surface area contributed by atoms with Gasteiger partial charge in [-0.05, 0) is 49.5 Å². The van der Waals surface area contributed by atoms with Gasteiger partial charge in [0.25, 0.3) is 0 Å². The molecule has 0 radical (unpaired) electrons. The van der Waals surface area contributed by atoms with Crippen molar-refractivity contribution in [1.82, 2.24) is 14.6 Å². The van der Waals surface area contributed by atoms with Gasteiger partial charge in [0, 0.05) is 25.2 Å². The van der Waals surface area contributed by atoms with Gasteiger partial charge in [-0.1, -0.05) is 11.6 Å². The van der Waals surface area contributed by atoms with Gasteiger partial charge in [-0.3, -0.25) is 5.32 Å². The van der Waals surface area contributed by atoms with Gasteiger partial charge in [-0.25, -0.2) is 18.4 Å². The van der Waals surface area contributed by atoms with Crippen molar-refractivity contribution in [3.05, 3.63) is 39.9 Å². The number of hydrogen-bond donors (Lipinski definition) is 4. The van der Waals surface area contributed by atoms with Crippen molar-refractivity contribution in [2.75, 3.05) is 31.5 Å². The molecular weight excluding hydrogens is 482 g/mol. The Morgan fingerprint density at radius 2 is 2.09 bits per heavy atom. The molecule has 3 rings (SSSR count). The SMILES string of the molecule is O=C(NCCCCN1CCC(O)C1)Nc1snc(OCc2cc(F)c(Cl)cc2F)c1C(=O)O. The summed E-state index contributed by atoms with van der Waals surface area (Å²) in [6.07, 6.45) is 2.07. The number of nitrogens with one attached hydrogen (secondary N) is 2.